The molecule has 0 saturated carbocycles. The highest BCUT2D eigenvalue weighted by Gasteiger charge is 2.32. The summed E-state index contributed by atoms with van der Waals surface area (Å²) in [5.41, 5.74) is -0.580. The maximum absolute atomic E-state index is 12.1. The van der Waals surface area contributed by atoms with Crippen LogP contribution >= 0.6 is 0 Å². The Kier molecular flexibility index (Phi) is 6.87. The highest BCUT2D eigenvalue weighted by atomic mass is 16.6. The van der Waals surface area contributed by atoms with Gasteiger partial charge in [0.1, 0.15) is 11.6 Å². The highest BCUT2D eigenvalue weighted by Crippen LogP contribution is 2.17. The Bertz CT molecular complexity index is 307. The fourth-order valence-corrected chi connectivity index (χ4v) is 1.73. The van der Waals surface area contributed by atoms with Crippen LogP contribution in [0.15, 0.2) is 0 Å². The van der Waals surface area contributed by atoms with Gasteiger partial charge in [0.2, 0.25) is 0 Å². The topological polar surface area (TPSA) is 55.8 Å². The molecule has 0 bridgehead atoms. The number of esters is 1. The molecule has 0 spiro atoms. The molecule has 0 fully saturated rings. The second-order valence-corrected chi connectivity index (χ2v) is 5.93. The van der Waals surface area contributed by atoms with E-state index in [0.717, 1.165) is 0 Å². The van der Waals surface area contributed by atoms with Gasteiger partial charge in [-0.2, -0.15) is 0 Å². The number of methoxy groups -OCH3 is 1. The normalized spacial score (nSPS) is 13.1. The molecule has 0 aliphatic rings. The quantitative estimate of drug-likeness (QED) is 0.723. The van der Waals surface area contributed by atoms with Crippen molar-refractivity contribution in [2.24, 2.45) is 5.92 Å². The standard InChI is InChI=1S/C14H27NO4/c1-8-15(13(17)19-14(4,5)6)11(9-10(2)3)12(16)18-7/h10-11H,8-9H2,1-7H3. The molecule has 0 aromatic rings. The van der Waals surface area contributed by atoms with Gasteiger partial charge in [-0.1, -0.05) is 13.8 Å². The molecule has 0 saturated heterocycles. The van der Waals surface area contributed by atoms with E-state index < -0.39 is 23.7 Å². The van der Waals surface area contributed by atoms with E-state index in [-0.39, 0.29) is 5.92 Å². The zero-order chi connectivity index (χ0) is 15.2. The third-order valence-corrected chi connectivity index (χ3v) is 2.51. The van der Waals surface area contributed by atoms with Gasteiger partial charge in [-0.3, -0.25) is 4.90 Å². The summed E-state index contributed by atoms with van der Waals surface area (Å²) < 4.78 is 10.1. The molecule has 0 aliphatic carbocycles. The predicted octanol–water partition coefficient (Wildman–Crippen LogP) is 2.83. The second kappa shape index (κ2) is 7.36. The minimum Gasteiger partial charge on any atom is -0.467 e. The molecule has 0 aromatic carbocycles. The van der Waals surface area contributed by atoms with Gasteiger partial charge >= 0.3 is 12.1 Å². The van der Waals surface area contributed by atoms with Crippen LogP contribution in [0.3, 0.4) is 0 Å². The van der Waals surface area contributed by atoms with E-state index in [0.29, 0.717) is 13.0 Å². The van der Waals surface area contributed by atoms with Gasteiger partial charge in [-0.15, -0.1) is 0 Å². The lowest BCUT2D eigenvalue weighted by Gasteiger charge is -2.32. The van der Waals surface area contributed by atoms with Crippen LogP contribution in [0.2, 0.25) is 0 Å². The summed E-state index contributed by atoms with van der Waals surface area (Å²) in [6.45, 7) is 11.6. The summed E-state index contributed by atoms with van der Waals surface area (Å²) in [5, 5.41) is 0. The van der Waals surface area contributed by atoms with Gasteiger partial charge in [-0.05, 0) is 40.0 Å². The maximum Gasteiger partial charge on any atom is 0.411 e. The van der Waals surface area contributed by atoms with E-state index in [2.05, 4.69) is 0 Å². The number of ether oxygens (including phenoxy) is 2. The average Bonchev–Trinajstić information content (AvgIpc) is 2.24. The summed E-state index contributed by atoms with van der Waals surface area (Å²) in [5.74, 6) is -0.123. The smallest absolute Gasteiger partial charge is 0.411 e. The van der Waals surface area contributed by atoms with Crippen molar-refractivity contribution in [3.05, 3.63) is 0 Å². The van der Waals surface area contributed by atoms with Gasteiger partial charge in [0.05, 0.1) is 7.11 Å². The van der Waals surface area contributed by atoms with Crippen molar-refractivity contribution in [3.63, 3.8) is 0 Å². The number of rotatable bonds is 5. The maximum atomic E-state index is 12.1. The lowest BCUT2D eigenvalue weighted by Crippen LogP contribution is -2.48. The molecular weight excluding hydrogens is 246 g/mol. The van der Waals surface area contributed by atoms with Crippen LogP contribution in [-0.4, -0.2) is 42.3 Å². The number of hydrogen-bond donors (Lipinski definition) is 0. The number of carbonyl (C=O) groups is 2. The Balaban J connectivity index is 5.02. The average molecular weight is 273 g/mol. The summed E-state index contributed by atoms with van der Waals surface area (Å²) in [7, 11) is 1.33. The minimum atomic E-state index is -0.593. The molecular formula is C14H27NO4. The van der Waals surface area contributed by atoms with Crippen molar-refractivity contribution in [2.75, 3.05) is 13.7 Å². The lowest BCUT2D eigenvalue weighted by atomic mass is 10.0. The highest BCUT2D eigenvalue weighted by molar-refractivity contribution is 5.81. The van der Waals surface area contributed by atoms with Gasteiger partial charge in [0, 0.05) is 6.54 Å². The lowest BCUT2D eigenvalue weighted by molar-refractivity contribution is -0.147. The van der Waals surface area contributed by atoms with E-state index in [1.54, 1.807) is 20.8 Å². The number of likely N-dealkylation sites (N-methyl/N-ethyl adjacent to an activating group) is 1. The van der Waals surface area contributed by atoms with Crippen molar-refractivity contribution in [3.8, 4) is 0 Å². The van der Waals surface area contributed by atoms with Gasteiger partial charge < -0.3 is 9.47 Å². The molecule has 5 nitrogen and oxygen atoms in total. The molecule has 0 heterocycles. The molecule has 19 heavy (non-hydrogen) atoms. The molecule has 1 amide bonds. The second-order valence-electron chi connectivity index (χ2n) is 5.93. The van der Waals surface area contributed by atoms with Crippen LogP contribution in [-0.2, 0) is 14.3 Å². The Morgan fingerprint density at radius 1 is 1.21 bits per heavy atom. The van der Waals surface area contributed by atoms with Crippen LogP contribution < -0.4 is 0 Å². The number of nitrogens with zero attached hydrogens (tertiary/aromatic N) is 1. The van der Waals surface area contributed by atoms with Gasteiger partial charge in [-0.25, -0.2) is 9.59 Å². The van der Waals surface area contributed by atoms with E-state index in [1.165, 1.54) is 12.0 Å². The van der Waals surface area contributed by atoms with E-state index in [1.807, 2.05) is 20.8 Å². The van der Waals surface area contributed by atoms with Crippen molar-refractivity contribution >= 4 is 12.1 Å². The van der Waals surface area contributed by atoms with Crippen molar-refractivity contribution in [2.45, 2.75) is 59.6 Å². The van der Waals surface area contributed by atoms with E-state index >= 15 is 0 Å². The van der Waals surface area contributed by atoms with Crippen molar-refractivity contribution in [1.29, 1.82) is 0 Å². The SMILES string of the molecule is CCN(C(=O)OC(C)(C)C)C(CC(C)C)C(=O)OC. The summed E-state index contributed by atoms with van der Waals surface area (Å²) in [6.07, 6.45) is 0.0748. The minimum absolute atomic E-state index is 0.278. The van der Waals surface area contributed by atoms with Crippen molar-refractivity contribution < 1.29 is 19.1 Å². The first-order chi connectivity index (χ1) is 8.62. The summed E-state index contributed by atoms with van der Waals surface area (Å²) >= 11 is 0. The molecule has 1 atom stereocenters. The van der Waals surface area contributed by atoms with E-state index in [9.17, 15) is 9.59 Å². The number of carbonyl (C=O) groups excluding carboxylic acids is 2. The molecule has 0 aromatic heterocycles. The van der Waals surface area contributed by atoms with Crippen LogP contribution in [0.4, 0.5) is 4.79 Å². The third-order valence-electron chi connectivity index (χ3n) is 2.51. The zero-order valence-corrected chi connectivity index (χ0v) is 13.1. The van der Waals surface area contributed by atoms with Crippen LogP contribution in [0.1, 0.15) is 48.0 Å². The Morgan fingerprint density at radius 2 is 1.74 bits per heavy atom. The fourth-order valence-electron chi connectivity index (χ4n) is 1.73. The third kappa shape index (κ3) is 6.45. The predicted molar refractivity (Wildman–Crippen MR) is 73.9 cm³/mol. The molecule has 0 N–H and O–H groups in total. The Labute approximate surface area is 116 Å². The van der Waals surface area contributed by atoms with Gasteiger partial charge in [0.25, 0.3) is 0 Å². The zero-order valence-electron chi connectivity index (χ0n) is 13.1. The van der Waals surface area contributed by atoms with E-state index in [4.69, 9.17) is 9.47 Å². The molecule has 1 unspecified atom stereocenters. The molecule has 0 rings (SSSR count). The van der Waals surface area contributed by atoms with Crippen LogP contribution in [0.5, 0.6) is 0 Å². The van der Waals surface area contributed by atoms with Crippen LogP contribution in [0, 0.1) is 5.92 Å². The first-order valence-corrected chi connectivity index (χ1v) is 6.69. The first-order valence-electron chi connectivity index (χ1n) is 6.69. The number of hydrogen-bond acceptors (Lipinski definition) is 4. The van der Waals surface area contributed by atoms with Crippen LogP contribution in [0.25, 0.3) is 0 Å². The Morgan fingerprint density at radius 3 is 2.05 bits per heavy atom. The molecule has 112 valence electrons. The molecule has 5 heteroatoms. The van der Waals surface area contributed by atoms with Crippen molar-refractivity contribution in [1.82, 2.24) is 4.90 Å². The largest absolute Gasteiger partial charge is 0.467 e. The van der Waals surface area contributed by atoms with Gasteiger partial charge in [0.15, 0.2) is 0 Å². The summed E-state index contributed by atoms with van der Waals surface area (Å²) in [4.78, 5) is 25.4. The monoisotopic (exact) mass is 273 g/mol. The molecule has 0 aliphatic heterocycles. The first kappa shape index (κ1) is 17.7. The molecule has 0 radical (unpaired) electrons. The number of amides is 1. The Hall–Kier alpha value is -1.26. The summed E-state index contributed by atoms with van der Waals surface area (Å²) in [6, 6.07) is -0.593. The fraction of sp³-hybridized carbons (Fsp3) is 0.857.